The van der Waals surface area contributed by atoms with Gasteiger partial charge in [-0.1, -0.05) is 18.2 Å². The minimum absolute atomic E-state index is 0.353. The number of anilines is 1. The lowest BCUT2D eigenvalue weighted by Crippen LogP contribution is -2.37. The molecular formula is C13H13N5O. The number of ether oxygens (including phenoxy) is 1. The number of nitrogens with zero attached hydrogens (tertiary/aromatic N) is 5. The van der Waals surface area contributed by atoms with Crippen LogP contribution in [0.15, 0.2) is 30.3 Å². The van der Waals surface area contributed by atoms with Crippen LogP contribution in [0.1, 0.15) is 5.69 Å². The zero-order valence-electron chi connectivity index (χ0n) is 10.4. The zero-order valence-corrected chi connectivity index (χ0v) is 10.4. The molecule has 0 spiro atoms. The monoisotopic (exact) mass is 255 g/mol. The van der Waals surface area contributed by atoms with E-state index in [1.807, 2.05) is 35.2 Å². The summed E-state index contributed by atoms with van der Waals surface area (Å²) in [5.41, 5.74) is 1.20. The fourth-order valence-electron chi connectivity index (χ4n) is 2.04. The second-order valence-corrected chi connectivity index (χ2v) is 4.21. The van der Waals surface area contributed by atoms with Crippen molar-refractivity contribution in [3.63, 3.8) is 0 Å². The Balaban J connectivity index is 1.97. The molecule has 19 heavy (non-hydrogen) atoms. The van der Waals surface area contributed by atoms with Crippen LogP contribution in [0.3, 0.4) is 0 Å². The maximum Gasteiger partial charge on any atom is 0.207 e. The Hall–Kier alpha value is -2.39. The first kappa shape index (κ1) is 11.7. The molecule has 6 nitrogen and oxygen atoms in total. The molecule has 0 atom stereocenters. The molecule has 1 aromatic heterocycles. The topological polar surface area (TPSA) is 67.0 Å². The van der Waals surface area contributed by atoms with Crippen molar-refractivity contribution < 1.29 is 4.74 Å². The van der Waals surface area contributed by atoms with Gasteiger partial charge >= 0.3 is 0 Å². The van der Waals surface area contributed by atoms with Crippen LogP contribution < -0.4 is 4.90 Å². The predicted octanol–water partition coefficient (Wildman–Crippen LogP) is 0.976. The maximum atomic E-state index is 9.19. The fraction of sp³-hybridized carbons (Fsp3) is 0.308. The van der Waals surface area contributed by atoms with E-state index in [9.17, 15) is 5.26 Å². The second kappa shape index (κ2) is 5.08. The van der Waals surface area contributed by atoms with Crippen LogP contribution in [-0.4, -0.2) is 41.3 Å². The normalized spacial score (nSPS) is 15.2. The lowest BCUT2D eigenvalue weighted by molar-refractivity contribution is 0.122. The lowest BCUT2D eigenvalue weighted by atomic mass is 10.3. The summed E-state index contributed by atoms with van der Waals surface area (Å²) >= 11 is 0. The Kier molecular flexibility index (Phi) is 3.12. The molecule has 1 aromatic carbocycles. The van der Waals surface area contributed by atoms with E-state index in [4.69, 9.17) is 4.74 Å². The van der Waals surface area contributed by atoms with Crippen molar-refractivity contribution in [1.29, 1.82) is 5.26 Å². The summed E-state index contributed by atoms with van der Waals surface area (Å²) in [5, 5.41) is 17.9. The molecule has 2 heterocycles. The van der Waals surface area contributed by atoms with Gasteiger partial charge in [0.25, 0.3) is 0 Å². The third kappa shape index (κ3) is 2.28. The summed E-state index contributed by atoms with van der Waals surface area (Å²) in [5.74, 6) is 0.634. The molecule has 1 aliphatic heterocycles. The standard InChI is InChI=1S/C13H13N5O/c14-10-12-13(17-6-8-19-9-7-17)16-18(15-12)11-4-2-1-3-5-11/h1-5H,6-9H2. The Morgan fingerprint density at radius 2 is 1.84 bits per heavy atom. The highest BCUT2D eigenvalue weighted by Gasteiger charge is 2.20. The van der Waals surface area contributed by atoms with Crippen LogP contribution in [0.25, 0.3) is 5.69 Å². The van der Waals surface area contributed by atoms with E-state index in [0.29, 0.717) is 24.7 Å². The van der Waals surface area contributed by atoms with Gasteiger partial charge in [-0.15, -0.1) is 15.0 Å². The Morgan fingerprint density at radius 1 is 1.11 bits per heavy atom. The second-order valence-electron chi connectivity index (χ2n) is 4.21. The molecular weight excluding hydrogens is 242 g/mol. The van der Waals surface area contributed by atoms with Crippen LogP contribution in [0, 0.1) is 11.3 Å². The van der Waals surface area contributed by atoms with Gasteiger partial charge in [-0.3, -0.25) is 0 Å². The van der Waals surface area contributed by atoms with E-state index >= 15 is 0 Å². The quantitative estimate of drug-likeness (QED) is 0.800. The molecule has 1 fully saturated rings. The van der Waals surface area contributed by atoms with Crippen molar-refractivity contribution in [3.05, 3.63) is 36.0 Å². The number of aromatic nitrogens is 3. The van der Waals surface area contributed by atoms with Gasteiger partial charge in [0.05, 0.1) is 18.9 Å². The summed E-state index contributed by atoms with van der Waals surface area (Å²) < 4.78 is 5.31. The molecule has 0 amide bonds. The highest BCUT2D eigenvalue weighted by atomic mass is 16.5. The summed E-state index contributed by atoms with van der Waals surface area (Å²) in [4.78, 5) is 3.54. The van der Waals surface area contributed by atoms with E-state index < -0.39 is 0 Å². The molecule has 0 N–H and O–H groups in total. The van der Waals surface area contributed by atoms with Crippen molar-refractivity contribution in [2.24, 2.45) is 0 Å². The summed E-state index contributed by atoms with van der Waals surface area (Å²) in [6.45, 7) is 2.79. The molecule has 0 aliphatic carbocycles. The van der Waals surface area contributed by atoms with Crippen LogP contribution in [0.4, 0.5) is 5.82 Å². The highest BCUT2D eigenvalue weighted by molar-refractivity contribution is 5.50. The zero-order chi connectivity index (χ0) is 13.1. The van der Waals surface area contributed by atoms with Gasteiger partial charge < -0.3 is 9.64 Å². The first-order valence-corrected chi connectivity index (χ1v) is 6.14. The van der Waals surface area contributed by atoms with E-state index in [2.05, 4.69) is 16.3 Å². The van der Waals surface area contributed by atoms with Gasteiger partial charge in [-0.05, 0) is 12.1 Å². The van der Waals surface area contributed by atoms with E-state index in [0.717, 1.165) is 18.8 Å². The average Bonchev–Trinajstić information content (AvgIpc) is 2.93. The van der Waals surface area contributed by atoms with E-state index in [-0.39, 0.29) is 0 Å². The number of nitriles is 1. The molecule has 6 heteroatoms. The van der Waals surface area contributed by atoms with Gasteiger partial charge in [0, 0.05) is 13.1 Å². The smallest absolute Gasteiger partial charge is 0.207 e. The van der Waals surface area contributed by atoms with Crippen molar-refractivity contribution in [3.8, 4) is 11.8 Å². The number of hydrogen-bond donors (Lipinski definition) is 0. The Bertz CT molecular complexity index is 595. The van der Waals surface area contributed by atoms with Crippen molar-refractivity contribution in [2.45, 2.75) is 0 Å². The molecule has 0 radical (unpaired) electrons. The summed E-state index contributed by atoms with van der Waals surface area (Å²) in [6, 6.07) is 11.7. The molecule has 0 unspecified atom stereocenters. The highest BCUT2D eigenvalue weighted by Crippen LogP contribution is 2.18. The molecule has 96 valence electrons. The molecule has 3 rings (SSSR count). The number of para-hydroxylation sites is 1. The van der Waals surface area contributed by atoms with Crippen LogP contribution in [0.2, 0.25) is 0 Å². The van der Waals surface area contributed by atoms with Crippen LogP contribution >= 0.6 is 0 Å². The predicted molar refractivity (Wildman–Crippen MR) is 69.1 cm³/mol. The SMILES string of the molecule is N#Cc1nn(-c2ccccc2)nc1N1CCOCC1. The molecule has 2 aromatic rings. The largest absolute Gasteiger partial charge is 0.378 e. The molecule has 0 bridgehead atoms. The molecule has 0 saturated carbocycles. The first-order valence-electron chi connectivity index (χ1n) is 6.14. The van der Waals surface area contributed by atoms with Gasteiger partial charge in [-0.25, -0.2) is 0 Å². The van der Waals surface area contributed by atoms with E-state index in [1.165, 1.54) is 4.80 Å². The summed E-state index contributed by atoms with van der Waals surface area (Å²) in [7, 11) is 0. The lowest BCUT2D eigenvalue weighted by Gasteiger charge is -2.26. The molecule has 1 aliphatic rings. The number of hydrogen-bond acceptors (Lipinski definition) is 5. The number of rotatable bonds is 2. The van der Waals surface area contributed by atoms with Gasteiger partial charge in [0.1, 0.15) is 6.07 Å². The van der Waals surface area contributed by atoms with E-state index in [1.54, 1.807) is 0 Å². The third-order valence-corrected chi connectivity index (χ3v) is 3.00. The van der Waals surface area contributed by atoms with Crippen LogP contribution in [0.5, 0.6) is 0 Å². The Labute approximate surface area is 110 Å². The van der Waals surface area contributed by atoms with Crippen LogP contribution in [-0.2, 0) is 4.74 Å². The first-order chi connectivity index (χ1) is 9.38. The average molecular weight is 255 g/mol. The number of benzene rings is 1. The maximum absolute atomic E-state index is 9.19. The van der Waals surface area contributed by atoms with Crippen molar-refractivity contribution in [1.82, 2.24) is 15.0 Å². The summed E-state index contributed by atoms with van der Waals surface area (Å²) in [6.07, 6.45) is 0. The minimum atomic E-state index is 0.353. The number of morpholine rings is 1. The fourth-order valence-corrected chi connectivity index (χ4v) is 2.04. The van der Waals surface area contributed by atoms with Gasteiger partial charge in [0.2, 0.25) is 5.69 Å². The Morgan fingerprint density at radius 3 is 2.53 bits per heavy atom. The third-order valence-electron chi connectivity index (χ3n) is 3.00. The van der Waals surface area contributed by atoms with Crippen molar-refractivity contribution >= 4 is 5.82 Å². The van der Waals surface area contributed by atoms with Gasteiger partial charge in [0.15, 0.2) is 5.82 Å². The minimum Gasteiger partial charge on any atom is -0.378 e. The van der Waals surface area contributed by atoms with Crippen molar-refractivity contribution in [2.75, 3.05) is 31.2 Å². The molecule has 1 saturated heterocycles. The van der Waals surface area contributed by atoms with Gasteiger partial charge in [-0.2, -0.15) is 5.26 Å².